The van der Waals surface area contributed by atoms with Crippen molar-refractivity contribution in [2.45, 2.75) is 13.0 Å². The first-order chi connectivity index (χ1) is 9.58. The standard InChI is InChI=1S/C14H16N2O3S/c1-10-9-20-7-6-16(10)14(19)12-4-2-11(8-15-12)3-5-13(17)18/h2-5,8,10H,6-7,9H2,1H3,(H,17,18). The van der Waals surface area contributed by atoms with Crippen molar-refractivity contribution >= 4 is 29.7 Å². The first kappa shape index (κ1) is 14.6. The molecule has 0 radical (unpaired) electrons. The molecule has 0 saturated carbocycles. The van der Waals surface area contributed by atoms with Crippen molar-refractivity contribution in [1.29, 1.82) is 0 Å². The molecule has 0 bridgehead atoms. The van der Waals surface area contributed by atoms with E-state index in [1.54, 1.807) is 12.1 Å². The van der Waals surface area contributed by atoms with Crippen LogP contribution in [0.3, 0.4) is 0 Å². The maximum atomic E-state index is 12.3. The summed E-state index contributed by atoms with van der Waals surface area (Å²) in [5.74, 6) is 0.831. The van der Waals surface area contributed by atoms with Gasteiger partial charge >= 0.3 is 5.97 Å². The lowest BCUT2D eigenvalue weighted by Gasteiger charge is -2.32. The van der Waals surface area contributed by atoms with Gasteiger partial charge in [-0.2, -0.15) is 11.8 Å². The van der Waals surface area contributed by atoms with E-state index in [0.717, 1.165) is 24.1 Å². The van der Waals surface area contributed by atoms with E-state index in [4.69, 9.17) is 5.11 Å². The van der Waals surface area contributed by atoms with Crippen LogP contribution in [0.2, 0.25) is 0 Å². The molecule has 1 aliphatic heterocycles. The minimum Gasteiger partial charge on any atom is -0.478 e. The Labute approximate surface area is 121 Å². The number of carbonyl (C=O) groups excluding carboxylic acids is 1. The van der Waals surface area contributed by atoms with E-state index in [-0.39, 0.29) is 11.9 Å². The molecular weight excluding hydrogens is 276 g/mol. The van der Waals surface area contributed by atoms with Crippen LogP contribution in [0.5, 0.6) is 0 Å². The highest BCUT2D eigenvalue weighted by molar-refractivity contribution is 7.99. The van der Waals surface area contributed by atoms with Gasteiger partial charge in [0.2, 0.25) is 0 Å². The first-order valence-corrected chi connectivity index (χ1v) is 7.49. The SMILES string of the molecule is CC1CSCCN1C(=O)c1ccc(C=CC(=O)O)cn1. The number of rotatable bonds is 3. The van der Waals surface area contributed by atoms with Gasteiger partial charge in [0.1, 0.15) is 5.69 Å². The average molecular weight is 292 g/mol. The summed E-state index contributed by atoms with van der Waals surface area (Å²) >= 11 is 1.85. The number of carboxylic acid groups (broad SMARTS) is 1. The van der Waals surface area contributed by atoms with E-state index < -0.39 is 5.97 Å². The third-order valence-corrected chi connectivity index (χ3v) is 4.24. The molecule has 2 rings (SSSR count). The summed E-state index contributed by atoms with van der Waals surface area (Å²) in [6.07, 6.45) is 4.00. The molecule has 6 heteroatoms. The summed E-state index contributed by atoms with van der Waals surface area (Å²) in [4.78, 5) is 28.7. The van der Waals surface area contributed by atoms with Crippen molar-refractivity contribution in [2.24, 2.45) is 0 Å². The Morgan fingerprint density at radius 1 is 1.50 bits per heavy atom. The van der Waals surface area contributed by atoms with Crippen LogP contribution in [0.25, 0.3) is 6.08 Å². The van der Waals surface area contributed by atoms with Gasteiger partial charge in [-0.3, -0.25) is 9.78 Å². The van der Waals surface area contributed by atoms with Gasteiger partial charge in [-0.1, -0.05) is 6.07 Å². The number of nitrogens with zero attached hydrogens (tertiary/aromatic N) is 2. The molecule has 106 valence electrons. The molecule has 0 spiro atoms. The Morgan fingerprint density at radius 3 is 2.90 bits per heavy atom. The second-order valence-electron chi connectivity index (χ2n) is 4.57. The molecule has 1 atom stereocenters. The molecule has 2 heterocycles. The number of carbonyl (C=O) groups is 2. The second-order valence-corrected chi connectivity index (χ2v) is 5.72. The fraction of sp³-hybridized carbons (Fsp3) is 0.357. The number of carboxylic acids is 1. The Morgan fingerprint density at radius 2 is 2.30 bits per heavy atom. The van der Waals surface area contributed by atoms with Crippen molar-refractivity contribution in [3.8, 4) is 0 Å². The average Bonchev–Trinajstić information content (AvgIpc) is 2.45. The van der Waals surface area contributed by atoms with Crippen LogP contribution < -0.4 is 0 Å². The van der Waals surface area contributed by atoms with Gasteiger partial charge in [-0.25, -0.2) is 4.79 Å². The van der Waals surface area contributed by atoms with Crippen LogP contribution in [0.4, 0.5) is 0 Å². The number of amides is 1. The van der Waals surface area contributed by atoms with E-state index >= 15 is 0 Å². The minimum atomic E-state index is -1.01. The lowest BCUT2D eigenvalue weighted by atomic mass is 10.2. The third kappa shape index (κ3) is 3.60. The highest BCUT2D eigenvalue weighted by Gasteiger charge is 2.25. The molecule has 1 fully saturated rings. The molecule has 5 nitrogen and oxygen atoms in total. The summed E-state index contributed by atoms with van der Waals surface area (Å²) in [5, 5.41) is 8.55. The van der Waals surface area contributed by atoms with Gasteiger partial charge in [0.05, 0.1) is 0 Å². The highest BCUT2D eigenvalue weighted by atomic mass is 32.2. The predicted molar refractivity (Wildman–Crippen MR) is 78.7 cm³/mol. The molecule has 1 aromatic rings. The number of aliphatic carboxylic acids is 1. The summed E-state index contributed by atoms with van der Waals surface area (Å²) in [6.45, 7) is 2.78. The lowest BCUT2D eigenvalue weighted by Crippen LogP contribution is -2.44. The van der Waals surface area contributed by atoms with Crippen molar-refractivity contribution in [1.82, 2.24) is 9.88 Å². The van der Waals surface area contributed by atoms with E-state index in [1.807, 2.05) is 23.6 Å². The largest absolute Gasteiger partial charge is 0.478 e. The third-order valence-electron chi connectivity index (χ3n) is 3.05. The molecule has 20 heavy (non-hydrogen) atoms. The predicted octanol–water partition coefficient (Wildman–Crippen LogP) is 1.76. The fourth-order valence-corrected chi connectivity index (χ4v) is 2.99. The van der Waals surface area contributed by atoms with Crippen molar-refractivity contribution in [3.05, 3.63) is 35.7 Å². The zero-order valence-corrected chi connectivity index (χ0v) is 12.0. The molecule has 1 N–H and O–H groups in total. The number of hydrogen-bond donors (Lipinski definition) is 1. The molecular formula is C14H16N2O3S. The van der Waals surface area contributed by atoms with Gasteiger partial charge in [-0.05, 0) is 24.6 Å². The zero-order valence-electron chi connectivity index (χ0n) is 11.2. The molecule has 1 aliphatic rings. The van der Waals surface area contributed by atoms with Crippen LogP contribution in [-0.4, -0.2) is 51.0 Å². The summed E-state index contributed by atoms with van der Waals surface area (Å²) in [7, 11) is 0. The van der Waals surface area contributed by atoms with Gasteiger partial charge < -0.3 is 10.0 Å². The molecule has 0 aromatic carbocycles. The number of hydrogen-bond acceptors (Lipinski definition) is 4. The second kappa shape index (κ2) is 6.56. The van der Waals surface area contributed by atoms with Gasteiger partial charge in [0, 0.05) is 36.4 Å². The molecule has 0 aliphatic carbocycles. The van der Waals surface area contributed by atoms with Crippen LogP contribution in [0.15, 0.2) is 24.4 Å². The number of pyridine rings is 1. The number of thioether (sulfide) groups is 1. The quantitative estimate of drug-likeness (QED) is 0.860. The summed E-state index contributed by atoms with van der Waals surface area (Å²) < 4.78 is 0. The lowest BCUT2D eigenvalue weighted by molar-refractivity contribution is -0.131. The normalized spacial score (nSPS) is 19.2. The Kier molecular flexibility index (Phi) is 4.79. The van der Waals surface area contributed by atoms with E-state index in [2.05, 4.69) is 4.98 Å². The molecule has 1 aromatic heterocycles. The monoisotopic (exact) mass is 292 g/mol. The van der Waals surface area contributed by atoms with Crippen molar-refractivity contribution in [2.75, 3.05) is 18.1 Å². The fourth-order valence-electron chi connectivity index (χ4n) is 1.97. The highest BCUT2D eigenvalue weighted by Crippen LogP contribution is 2.18. The summed E-state index contributed by atoms with van der Waals surface area (Å²) in [6, 6.07) is 3.55. The van der Waals surface area contributed by atoms with Crippen LogP contribution >= 0.6 is 11.8 Å². The van der Waals surface area contributed by atoms with E-state index in [1.165, 1.54) is 12.3 Å². The van der Waals surface area contributed by atoms with Crippen LogP contribution in [0, 0.1) is 0 Å². The van der Waals surface area contributed by atoms with Gasteiger partial charge in [-0.15, -0.1) is 0 Å². The summed E-state index contributed by atoms with van der Waals surface area (Å²) in [5.41, 5.74) is 1.06. The minimum absolute atomic E-state index is 0.0634. The zero-order chi connectivity index (χ0) is 14.5. The van der Waals surface area contributed by atoms with Crippen molar-refractivity contribution < 1.29 is 14.7 Å². The first-order valence-electron chi connectivity index (χ1n) is 6.33. The van der Waals surface area contributed by atoms with Gasteiger partial charge in [0.15, 0.2) is 0 Å². The van der Waals surface area contributed by atoms with Crippen LogP contribution in [0.1, 0.15) is 23.0 Å². The Balaban J connectivity index is 2.09. The topological polar surface area (TPSA) is 70.5 Å². The molecule has 1 saturated heterocycles. The smallest absolute Gasteiger partial charge is 0.328 e. The Hall–Kier alpha value is -1.82. The molecule has 1 unspecified atom stereocenters. The molecule has 1 amide bonds. The Bertz CT molecular complexity index is 528. The van der Waals surface area contributed by atoms with Crippen molar-refractivity contribution in [3.63, 3.8) is 0 Å². The number of aromatic nitrogens is 1. The van der Waals surface area contributed by atoms with Gasteiger partial charge in [0.25, 0.3) is 5.91 Å². The van der Waals surface area contributed by atoms with E-state index in [9.17, 15) is 9.59 Å². The maximum Gasteiger partial charge on any atom is 0.328 e. The maximum absolute atomic E-state index is 12.3. The van der Waals surface area contributed by atoms with E-state index in [0.29, 0.717) is 11.3 Å². The van der Waals surface area contributed by atoms with Crippen LogP contribution in [-0.2, 0) is 4.79 Å².